The molecule has 11 heavy (non-hydrogen) atoms. The minimum Gasteiger partial charge on any atom is -0.468 e. The zero-order valence-corrected chi connectivity index (χ0v) is 7.37. The van der Waals surface area contributed by atoms with E-state index in [9.17, 15) is 0 Å². The van der Waals surface area contributed by atoms with Crippen LogP contribution < -0.4 is 0 Å². The monoisotopic (exact) mass is 153 g/mol. The van der Waals surface area contributed by atoms with Crippen molar-refractivity contribution in [1.82, 2.24) is 0 Å². The van der Waals surface area contributed by atoms with Crippen molar-refractivity contribution in [3.63, 3.8) is 0 Å². The van der Waals surface area contributed by atoms with Gasteiger partial charge < -0.3 is 4.74 Å². The number of rotatable bonds is 4. The second-order valence-corrected chi connectivity index (χ2v) is 2.38. The summed E-state index contributed by atoms with van der Waals surface area (Å²) in [7, 11) is 0. The van der Waals surface area contributed by atoms with Gasteiger partial charge in [-0.3, -0.25) is 4.99 Å². The van der Waals surface area contributed by atoms with Crippen LogP contribution in [-0.2, 0) is 4.74 Å². The average Bonchev–Trinajstić information content (AvgIpc) is 1.97. The van der Waals surface area contributed by atoms with E-state index < -0.39 is 0 Å². The van der Waals surface area contributed by atoms with Gasteiger partial charge in [-0.15, -0.1) is 0 Å². The van der Waals surface area contributed by atoms with Crippen molar-refractivity contribution in [2.24, 2.45) is 10.9 Å². The third-order valence-electron chi connectivity index (χ3n) is 1.14. The summed E-state index contributed by atoms with van der Waals surface area (Å²) < 4.78 is 5.12. The van der Waals surface area contributed by atoms with Crippen LogP contribution in [0.1, 0.15) is 20.8 Å². The van der Waals surface area contributed by atoms with Crippen LogP contribution in [0.3, 0.4) is 0 Å². The number of ether oxygens (including phenoxy) is 1. The smallest absolute Gasteiger partial charge is 0.124 e. The molecule has 0 fully saturated rings. The Morgan fingerprint density at radius 2 is 2.18 bits per heavy atom. The van der Waals surface area contributed by atoms with E-state index >= 15 is 0 Å². The van der Waals surface area contributed by atoms with Crippen molar-refractivity contribution in [2.75, 3.05) is 0 Å². The summed E-state index contributed by atoms with van der Waals surface area (Å²) in [4.78, 5) is 3.95. The van der Waals surface area contributed by atoms with E-state index in [0.717, 1.165) is 5.76 Å². The summed E-state index contributed by atoms with van der Waals surface area (Å²) in [6, 6.07) is 0. The molecule has 0 N–H and O–H groups in total. The van der Waals surface area contributed by atoms with E-state index in [-0.39, 0.29) is 0 Å². The first kappa shape index (κ1) is 9.95. The van der Waals surface area contributed by atoms with Crippen LogP contribution in [-0.4, -0.2) is 6.21 Å². The first-order chi connectivity index (χ1) is 5.22. The summed E-state index contributed by atoms with van der Waals surface area (Å²) in [6.45, 7) is 9.42. The Morgan fingerprint density at radius 1 is 1.55 bits per heavy atom. The van der Waals surface area contributed by atoms with Crippen molar-refractivity contribution in [1.29, 1.82) is 0 Å². The van der Waals surface area contributed by atoms with E-state index in [1.165, 1.54) is 6.26 Å². The van der Waals surface area contributed by atoms with Crippen molar-refractivity contribution < 1.29 is 4.74 Å². The quantitative estimate of drug-likeness (QED) is 0.449. The Balaban J connectivity index is 4.18. The summed E-state index contributed by atoms with van der Waals surface area (Å²) >= 11 is 0. The molecule has 0 atom stereocenters. The Morgan fingerprint density at radius 3 is 2.55 bits per heavy atom. The van der Waals surface area contributed by atoms with Crippen LogP contribution in [0.25, 0.3) is 0 Å². The molecular weight excluding hydrogens is 138 g/mol. The zero-order valence-electron chi connectivity index (χ0n) is 7.37. The van der Waals surface area contributed by atoms with Gasteiger partial charge in [0.25, 0.3) is 0 Å². The van der Waals surface area contributed by atoms with Gasteiger partial charge in [-0.2, -0.15) is 0 Å². The second-order valence-electron chi connectivity index (χ2n) is 2.38. The predicted molar refractivity (Wildman–Crippen MR) is 48.4 cm³/mol. The number of hydrogen-bond donors (Lipinski definition) is 0. The fourth-order valence-electron chi connectivity index (χ4n) is 0.560. The van der Waals surface area contributed by atoms with Crippen LogP contribution in [0.4, 0.5) is 0 Å². The molecule has 2 nitrogen and oxygen atoms in total. The van der Waals surface area contributed by atoms with Crippen LogP contribution in [0, 0.1) is 5.92 Å². The molecule has 0 aromatic rings. The Kier molecular flexibility index (Phi) is 5.17. The third kappa shape index (κ3) is 4.37. The molecule has 62 valence electrons. The summed E-state index contributed by atoms with van der Waals surface area (Å²) in [5, 5.41) is 0. The fourth-order valence-corrected chi connectivity index (χ4v) is 0.560. The van der Waals surface area contributed by atoms with Gasteiger partial charge in [0.05, 0.1) is 12.5 Å². The number of aliphatic imine (C=N–C) groups is 1. The molecule has 0 amide bonds. The van der Waals surface area contributed by atoms with Gasteiger partial charge in [-0.1, -0.05) is 20.4 Å². The summed E-state index contributed by atoms with van der Waals surface area (Å²) in [5.41, 5.74) is 0. The molecule has 0 radical (unpaired) electrons. The Hall–Kier alpha value is -1.05. The van der Waals surface area contributed by atoms with E-state index in [1.54, 1.807) is 12.4 Å². The van der Waals surface area contributed by atoms with Crippen molar-refractivity contribution in [3.05, 3.63) is 24.8 Å². The lowest BCUT2D eigenvalue weighted by atomic mass is 10.2. The number of hydrogen-bond acceptors (Lipinski definition) is 2. The summed E-state index contributed by atoms with van der Waals surface area (Å²) in [5.74, 6) is 1.18. The highest BCUT2D eigenvalue weighted by molar-refractivity contribution is 5.54. The molecule has 2 heteroatoms. The molecule has 0 aliphatic carbocycles. The summed E-state index contributed by atoms with van der Waals surface area (Å²) in [6.07, 6.45) is 4.83. The van der Waals surface area contributed by atoms with Gasteiger partial charge in [-0.25, -0.2) is 0 Å². The van der Waals surface area contributed by atoms with Gasteiger partial charge in [0.2, 0.25) is 0 Å². The maximum Gasteiger partial charge on any atom is 0.124 e. The molecule has 0 aliphatic heterocycles. The highest BCUT2D eigenvalue weighted by Crippen LogP contribution is 2.10. The highest BCUT2D eigenvalue weighted by atomic mass is 16.5. The fraction of sp³-hybridized carbons (Fsp3) is 0.444. The van der Waals surface area contributed by atoms with E-state index in [4.69, 9.17) is 4.74 Å². The van der Waals surface area contributed by atoms with Gasteiger partial charge >= 0.3 is 0 Å². The third-order valence-corrected chi connectivity index (χ3v) is 1.14. The molecule has 0 saturated carbocycles. The molecule has 0 aromatic heterocycles. The normalized spacial score (nSPS) is 12.5. The first-order valence-electron chi connectivity index (χ1n) is 3.67. The molecule has 0 spiro atoms. The average molecular weight is 153 g/mol. The molecule has 0 rings (SSSR count). The molecular formula is C9H15NO. The molecule has 0 unspecified atom stereocenters. The van der Waals surface area contributed by atoms with Gasteiger partial charge in [0, 0.05) is 12.1 Å². The molecule has 0 bridgehead atoms. The number of allylic oxidation sites excluding steroid dienone is 1. The standard InChI is InChI=1S/C9H15NO/c1-5-10-7-9(8(3)4)11-6-2/h5-8H,2H2,1,3-4H3/b9-7-,10-5?. The van der Waals surface area contributed by atoms with Gasteiger partial charge in [0.1, 0.15) is 5.76 Å². The highest BCUT2D eigenvalue weighted by Gasteiger charge is 2.00. The minimum atomic E-state index is 0.344. The first-order valence-corrected chi connectivity index (χ1v) is 3.67. The van der Waals surface area contributed by atoms with E-state index in [2.05, 4.69) is 11.6 Å². The molecule has 0 aromatic carbocycles. The van der Waals surface area contributed by atoms with Crippen LogP contribution >= 0.6 is 0 Å². The molecule has 0 saturated heterocycles. The Bertz CT molecular complexity index is 168. The SMILES string of the molecule is C=CO/C(=C\N=CC)C(C)C. The van der Waals surface area contributed by atoms with E-state index in [0.29, 0.717) is 5.92 Å². The van der Waals surface area contributed by atoms with Crippen LogP contribution in [0.5, 0.6) is 0 Å². The molecule has 0 heterocycles. The van der Waals surface area contributed by atoms with Crippen LogP contribution in [0.15, 0.2) is 29.8 Å². The van der Waals surface area contributed by atoms with Crippen LogP contribution in [0.2, 0.25) is 0 Å². The molecule has 0 aliphatic rings. The second kappa shape index (κ2) is 5.71. The zero-order chi connectivity index (χ0) is 8.69. The lowest BCUT2D eigenvalue weighted by Gasteiger charge is -2.07. The topological polar surface area (TPSA) is 21.6 Å². The van der Waals surface area contributed by atoms with E-state index in [1.807, 2.05) is 20.8 Å². The minimum absolute atomic E-state index is 0.344. The largest absolute Gasteiger partial charge is 0.468 e. The number of nitrogens with zero attached hydrogens (tertiary/aromatic N) is 1. The lowest BCUT2D eigenvalue weighted by Crippen LogP contribution is -1.94. The van der Waals surface area contributed by atoms with Gasteiger partial charge in [0.15, 0.2) is 0 Å². The van der Waals surface area contributed by atoms with Gasteiger partial charge in [-0.05, 0) is 6.92 Å². The van der Waals surface area contributed by atoms with Crippen molar-refractivity contribution >= 4 is 6.21 Å². The Labute approximate surface area is 68.3 Å². The predicted octanol–water partition coefficient (Wildman–Crippen LogP) is 2.73. The van der Waals surface area contributed by atoms with Crippen molar-refractivity contribution in [3.8, 4) is 0 Å². The maximum absolute atomic E-state index is 5.12. The maximum atomic E-state index is 5.12. The van der Waals surface area contributed by atoms with Crippen molar-refractivity contribution in [2.45, 2.75) is 20.8 Å². The lowest BCUT2D eigenvalue weighted by molar-refractivity contribution is 0.305.